The van der Waals surface area contributed by atoms with Crippen LogP contribution in [0.2, 0.25) is 0 Å². The fraction of sp³-hybridized carbons (Fsp3) is 1.00. The molecule has 132 valence electrons. The molecule has 0 spiro atoms. The second-order valence-electron chi connectivity index (χ2n) is 8.70. The average Bonchev–Trinajstić information content (AvgIpc) is 2.32. The van der Waals surface area contributed by atoms with Crippen LogP contribution in [0, 0.1) is 10.8 Å². The zero-order chi connectivity index (χ0) is 17.0. The average molecular weight is 346 g/mol. The molecule has 1 rings (SSSR count). The Kier molecular flexibility index (Phi) is 8.16. The number of nitrogens with zero attached hydrogens (tertiary/aromatic N) is 1. The van der Waals surface area contributed by atoms with E-state index in [0.717, 1.165) is 5.25 Å². The van der Waals surface area contributed by atoms with E-state index in [-0.39, 0.29) is 0 Å². The molecule has 1 heterocycles. The molecule has 22 heavy (non-hydrogen) atoms. The molecule has 0 aromatic carbocycles. The van der Waals surface area contributed by atoms with Crippen molar-refractivity contribution in [1.82, 2.24) is 4.31 Å². The molecule has 0 N–H and O–H groups in total. The maximum absolute atomic E-state index is 2.71. The smallest absolute Gasteiger partial charge is 0.0182 e. The first-order valence-corrected chi connectivity index (χ1v) is 11.1. The van der Waals surface area contributed by atoms with Gasteiger partial charge in [-0.2, -0.15) is 11.8 Å². The molecule has 0 radical (unpaired) electrons. The summed E-state index contributed by atoms with van der Waals surface area (Å²) in [5.41, 5.74) is 0.873. The van der Waals surface area contributed by atoms with Gasteiger partial charge in [0.1, 0.15) is 0 Å². The molecule has 3 heteroatoms. The highest BCUT2D eigenvalue weighted by Crippen LogP contribution is 2.43. The van der Waals surface area contributed by atoms with Crippen molar-refractivity contribution in [3.05, 3.63) is 0 Å². The lowest BCUT2D eigenvalue weighted by Gasteiger charge is -2.44. The van der Waals surface area contributed by atoms with Crippen molar-refractivity contribution in [3.63, 3.8) is 0 Å². The Labute approximate surface area is 148 Å². The molecule has 1 nitrogen and oxygen atoms in total. The number of thioether (sulfide) groups is 1. The van der Waals surface area contributed by atoms with Gasteiger partial charge >= 0.3 is 0 Å². The van der Waals surface area contributed by atoms with Crippen molar-refractivity contribution in [2.75, 3.05) is 11.5 Å². The first kappa shape index (κ1) is 20.7. The predicted molar refractivity (Wildman–Crippen MR) is 107 cm³/mol. The summed E-state index contributed by atoms with van der Waals surface area (Å²) in [5.74, 6) is 2.43. The van der Waals surface area contributed by atoms with Crippen LogP contribution in [-0.4, -0.2) is 33.1 Å². The molecule has 0 aromatic heterocycles. The summed E-state index contributed by atoms with van der Waals surface area (Å²) in [4.78, 5) is 0. The first-order chi connectivity index (χ1) is 10.1. The monoisotopic (exact) mass is 345 g/mol. The lowest BCUT2D eigenvalue weighted by atomic mass is 9.75. The summed E-state index contributed by atoms with van der Waals surface area (Å²) in [6.45, 7) is 19.4. The van der Waals surface area contributed by atoms with E-state index in [1.54, 1.807) is 0 Å². The number of rotatable bonds is 4. The van der Waals surface area contributed by atoms with Crippen molar-refractivity contribution in [2.45, 2.75) is 98.4 Å². The van der Waals surface area contributed by atoms with E-state index < -0.39 is 0 Å². The van der Waals surface area contributed by atoms with Crippen molar-refractivity contribution in [3.8, 4) is 0 Å². The van der Waals surface area contributed by atoms with Gasteiger partial charge in [-0.05, 0) is 56.1 Å². The van der Waals surface area contributed by atoms with E-state index >= 15 is 0 Å². The Morgan fingerprint density at radius 3 is 1.64 bits per heavy atom. The third-order valence-electron chi connectivity index (χ3n) is 4.81. The van der Waals surface area contributed by atoms with E-state index in [4.69, 9.17) is 0 Å². The van der Waals surface area contributed by atoms with Gasteiger partial charge in [0.2, 0.25) is 0 Å². The molecule has 1 fully saturated rings. The van der Waals surface area contributed by atoms with E-state index in [2.05, 4.69) is 71.5 Å². The van der Waals surface area contributed by atoms with Crippen LogP contribution in [0.25, 0.3) is 0 Å². The van der Waals surface area contributed by atoms with Crippen LogP contribution in [0.4, 0.5) is 0 Å². The van der Waals surface area contributed by atoms with Crippen LogP contribution < -0.4 is 0 Å². The van der Waals surface area contributed by atoms with Gasteiger partial charge in [0.15, 0.2) is 0 Å². The van der Waals surface area contributed by atoms with Crippen molar-refractivity contribution >= 4 is 23.7 Å². The number of hydrogen-bond donors (Lipinski definition) is 0. The van der Waals surface area contributed by atoms with Gasteiger partial charge in [0.05, 0.1) is 0 Å². The topological polar surface area (TPSA) is 3.24 Å². The molecule has 0 saturated carbocycles. The van der Waals surface area contributed by atoms with E-state index in [9.17, 15) is 0 Å². The second kappa shape index (κ2) is 8.67. The van der Waals surface area contributed by atoms with Gasteiger partial charge in [-0.15, -0.1) is 0 Å². The molecule has 0 bridgehead atoms. The van der Waals surface area contributed by atoms with Crippen molar-refractivity contribution < 1.29 is 0 Å². The maximum atomic E-state index is 2.71. The Bertz CT molecular complexity index is 301. The summed E-state index contributed by atoms with van der Waals surface area (Å²) in [6.07, 6.45) is 5.34. The molecule has 1 saturated heterocycles. The molecule has 2 atom stereocenters. The molecule has 0 amide bonds. The zero-order valence-corrected chi connectivity index (χ0v) is 17.9. The molecule has 1 aliphatic heterocycles. The molecule has 2 unspecified atom stereocenters. The normalized spacial score (nSPS) is 33.5. The highest BCUT2D eigenvalue weighted by molar-refractivity contribution is 7.99. The van der Waals surface area contributed by atoms with Crippen molar-refractivity contribution in [2.24, 2.45) is 10.8 Å². The Balaban J connectivity index is 3.01. The highest BCUT2D eigenvalue weighted by atomic mass is 32.2. The fourth-order valence-electron chi connectivity index (χ4n) is 4.44. The lowest BCUT2D eigenvalue weighted by molar-refractivity contribution is 0.139. The van der Waals surface area contributed by atoms with E-state index in [0.29, 0.717) is 22.9 Å². The van der Waals surface area contributed by atoms with Crippen LogP contribution in [-0.2, 0) is 0 Å². The summed E-state index contributed by atoms with van der Waals surface area (Å²) >= 11 is 4.24. The van der Waals surface area contributed by atoms with Crippen LogP contribution in [0.5, 0.6) is 0 Å². The quantitative estimate of drug-likeness (QED) is 0.537. The molecule has 0 aromatic rings. The standard InChI is InChI=1S/C19H39NS2/c1-9-21-17-13-18(5,6)11-15(3)20(22-10-2)16(4)12-19(7,8)14-17/h15-17H,9-14H2,1-8H3. The lowest BCUT2D eigenvalue weighted by Crippen LogP contribution is -2.42. The first-order valence-electron chi connectivity index (χ1n) is 9.13. The predicted octanol–water partition coefficient (Wildman–Crippen LogP) is 6.48. The summed E-state index contributed by atoms with van der Waals surface area (Å²) in [7, 11) is 0. The summed E-state index contributed by atoms with van der Waals surface area (Å²) < 4.78 is 2.71. The Morgan fingerprint density at radius 2 is 1.27 bits per heavy atom. The van der Waals surface area contributed by atoms with Crippen LogP contribution in [0.3, 0.4) is 0 Å². The summed E-state index contributed by atoms with van der Waals surface area (Å²) in [5, 5.41) is 0.819. The van der Waals surface area contributed by atoms with Gasteiger partial charge < -0.3 is 0 Å². The fourth-order valence-corrected chi connectivity index (χ4v) is 7.01. The third-order valence-corrected chi connectivity index (χ3v) is 7.22. The minimum absolute atomic E-state index is 0.436. The molecule has 1 aliphatic rings. The highest BCUT2D eigenvalue weighted by Gasteiger charge is 2.36. The maximum Gasteiger partial charge on any atom is 0.0182 e. The van der Waals surface area contributed by atoms with E-state index in [1.165, 1.54) is 37.2 Å². The minimum atomic E-state index is 0.436. The minimum Gasteiger partial charge on any atom is -0.245 e. The molecular weight excluding hydrogens is 306 g/mol. The number of hydrogen-bond acceptors (Lipinski definition) is 3. The molecular formula is C19H39NS2. The van der Waals surface area contributed by atoms with Gasteiger partial charge in [-0.25, -0.2) is 4.31 Å². The Hall–Kier alpha value is 0.660. The van der Waals surface area contributed by atoms with Crippen LogP contribution in [0.15, 0.2) is 0 Å². The second-order valence-corrected chi connectivity index (χ2v) is 11.5. The van der Waals surface area contributed by atoms with Gasteiger partial charge in [0.25, 0.3) is 0 Å². The SMILES string of the molecule is CCSC1CC(C)(C)CC(C)N(SCC)C(C)CC(C)(C)C1. The van der Waals surface area contributed by atoms with E-state index in [1.807, 2.05) is 11.9 Å². The molecule has 0 aliphatic carbocycles. The Morgan fingerprint density at radius 1 is 0.818 bits per heavy atom. The van der Waals surface area contributed by atoms with Crippen LogP contribution >= 0.6 is 23.7 Å². The van der Waals surface area contributed by atoms with Crippen molar-refractivity contribution in [1.29, 1.82) is 0 Å². The largest absolute Gasteiger partial charge is 0.245 e. The van der Waals surface area contributed by atoms with Gasteiger partial charge in [-0.3, -0.25) is 0 Å². The summed E-state index contributed by atoms with van der Waals surface area (Å²) in [6, 6.07) is 1.33. The van der Waals surface area contributed by atoms with Gasteiger partial charge in [-0.1, -0.05) is 53.5 Å². The van der Waals surface area contributed by atoms with Gasteiger partial charge in [0, 0.05) is 23.1 Å². The zero-order valence-electron chi connectivity index (χ0n) is 16.2. The van der Waals surface area contributed by atoms with Crippen LogP contribution in [0.1, 0.15) is 81.1 Å². The third kappa shape index (κ3) is 6.65.